The topological polar surface area (TPSA) is 87.2 Å². The van der Waals surface area contributed by atoms with Gasteiger partial charge in [-0.1, -0.05) is 6.92 Å². The minimum Gasteiger partial charge on any atom is -0.399 e. The quantitative estimate of drug-likeness (QED) is 0.832. The molecule has 0 spiro atoms. The first-order chi connectivity index (χ1) is 8.95. The molecule has 1 aliphatic rings. The van der Waals surface area contributed by atoms with E-state index in [1.165, 1.54) is 22.5 Å². The summed E-state index contributed by atoms with van der Waals surface area (Å²) in [6.07, 6.45) is 1.90. The molecule has 0 aliphatic carbocycles. The van der Waals surface area contributed by atoms with Crippen molar-refractivity contribution in [2.45, 2.75) is 24.7 Å². The Morgan fingerprint density at radius 2 is 2.21 bits per heavy atom. The van der Waals surface area contributed by atoms with Gasteiger partial charge < -0.3 is 5.73 Å². The number of anilines is 1. The molecule has 1 unspecified atom stereocenters. The number of sulfonamides is 1. The predicted molar refractivity (Wildman–Crippen MR) is 72.7 cm³/mol. The molecule has 0 saturated carbocycles. The van der Waals surface area contributed by atoms with Crippen LogP contribution in [0.25, 0.3) is 0 Å². The zero-order valence-electron chi connectivity index (χ0n) is 10.8. The Morgan fingerprint density at radius 3 is 2.84 bits per heavy atom. The summed E-state index contributed by atoms with van der Waals surface area (Å²) in [5.74, 6) is 0.350. The average Bonchev–Trinajstić information content (AvgIpc) is 2.38. The van der Waals surface area contributed by atoms with E-state index in [-0.39, 0.29) is 10.5 Å². The van der Waals surface area contributed by atoms with E-state index in [0.717, 1.165) is 12.8 Å². The van der Waals surface area contributed by atoms with Gasteiger partial charge in [0.2, 0.25) is 10.0 Å². The Labute approximate surface area is 113 Å². The summed E-state index contributed by atoms with van der Waals surface area (Å²) >= 11 is 0. The Balaban J connectivity index is 2.42. The summed E-state index contributed by atoms with van der Waals surface area (Å²) in [4.78, 5) is 0.0540. The molecule has 1 fully saturated rings. The number of piperidine rings is 1. The first-order valence-electron chi connectivity index (χ1n) is 6.25. The number of nitrogens with two attached hydrogens (primary N) is 1. The van der Waals surface area contributed by atoms with Gasteiger partial charge in [0.1, 0.15) is 11.0 Å². The maximum Gasteiger partial charge on any atom is 0.244 e. The Hall–Kier alpha value is -1.58. The van der Waals surface area contributed by atoms with Crippen molar-refractivity contribution in [3.05, 3.63) is 23.8 Å². The van der Waals surface area contributed by atoms with E-state index in [9.17, 15) is 8.42 Å². The highest BCUT2D eigenvalue weighted by Crippen LogP contribution is 2.26. The molecule has 102 valence electrons. The van der Waals surface area contributed by atoms with Crippen LogP contribution < -0.4 is 5.73 Å². The lowest BCUT2D eigenvalue weighted by atomic mass is 10.0. The lowest BCUT2D eigenvalue weighted by Gasteiger charge is -2.30. The van der Waals surface area contributed by atoms with Crippen LogP contribution >= 0.6 is 0 Å². The van der Waals surface area contributed by atoms with Gasteiger partial charge in [0.25, 0.3) is 0 Å². The van der Waals surface area contributed by atoms with E-state index >= 15 is 0 Å². The van der Waals surface area contributed by atoms with Crippen molar-refractivity contribution in [1.29, 1.82) is 5.26 Å². The molecule has 1 aromatic rings. The molecule has 19 heavy (non-hydrogen) atoms. The van der Waals surface area contributed by atoms with Gasteiger partial charge in [-0.2, -0.15) is 9.57 Å². The normalized spacial score (nSPS) is 20.9. The number of nitrogens with zero attached hydrogens (tertiary/aromatic N) is 2. The van der Waals surface area contributed by atoms with Gasteiger partial charge in [-0.25, -0.2) is 8.42 Å². The van der Waals surface area contributed by atoms with Crippen LogP contribution in [-0.2, 0) is 10.0 Å². The summed E-state index contributed by atoms with van der Waals surface area (Å²) in [6, 6.07) is 6.24. The molecule has 6 heteroatoms. The third-order valence-electron chi connectivity index (χ3n) is 3.36. The molecular formula is C13H17N3O2S. The molecular weight excluding hydrogens is 262 g/mol. The lowest BCUT2D eigenvalue weighted by Crippen LogP contribution is -2.39. The van der Waals surface area contributed by atoms with Gasteiger partial charge in [0.15, 0.2) is 0 Å². The van der Waals surface area contributed by atoms with Crippen LogP contribution in [0.15, 0.2) is 23.1 Å². The molecule has 1 saturated heterocycles. The van der Waals surface area contributed by atoms with Crippen molar-refractivity contribution in [2.24, 2.45) is 5.92 Å². The van der Waals surface area contributed by atoms with E-state index in [1.807, 2.05) is 13.0 Å². The third kappa shape index (κ3) is 2.72. The Morgan fingerprint density at radius 1 is 1.47 bits per heavy atom. The van der Waals surface area contributed by atoms with Crippen molar-refractivity contribution >= 4 is 15.7 Å². The standard InChI is InChI=1S/C13H17N3O2S/c1-10-3-2-6-16(9-10)19(17,18)13-5-4-12(15)7-11(13)8-14/h4-5,7,10H,2-3,6,9,15H2,1H3. The summed E-state index contributed by atoms with van der Waals surface area (Å²) in [6.45, 7) is 3.06. The van der Waals surface area contributed by atoms with E-state index < -0.39 is 10.0 Å². The van der Waals surface area contributed by atoms with Gasteiger partial charge in [0.05, 0.1) is 5.56 Å². The molecule has 1 aromatic carbocycles. The maximum atomic E-state index is 12.6. The SMILES string of the molecule is CC1CCCN(S(=O)(=O)c2ccc(N)cc2C#N)C1. The zero-order valence-corrected chi connectivity index (χ0v) is 11.7. The molecule has 1 aliphatic heterocycles. The highest BCUT2D eigenvalue weighted by molar-refractivity contribution is 7.89. The second-order valence-electron chi connectivity index (χ2n) is 4.98. The highest BCUT2D eigenvalue weighted by atomic mass is 32.2. The first-order valence-corrected chi connectivity index (χ1v) is 7.69. The molecule has 0 bridgehead atoms. The van der Waals surface area contributed by atoms with Crippen LogP contribution in [0.2, 0.25) is 0 Å². The first kappa shape index (κ1) is 13.8. The van der Waals surface area contributed by atoms with Crippen LogP contribution in [0.3, 0.4) is 0 Å². The fraction of sp³-hybridized carbons (Fsp3) is 0.462. The fourth-order valence-corrected chi connectivity index (χ4v) is 4.08. The average molecular weight is 279 g/mol. The number of hydrogen-bond donors (Lipinski definition) is 1. The molecule has 0 amide bonds. The summed E-state index contributed by atoms with van der Waals surface area (Å²) in [5.41, 5.74) is 6.09. The molecule has 1 heterocycles. The van der Waals surface area contributed by atoms with Crippen LogP contribution in [0.5, 0.6) is 0 Å². The molecule has 1 atom stereocenters. The lowest BCUT2D eigenvalue weighted by molar-refractivity contribution is 0.281. The van der Waals surface area contributed by atoms with Gasteiger partial charge in [-0.05, 0) is 37.0 Å². The number of nitriles is 1. The number of nitrogen functional groups attached to an aromatic ring is 1. The summed E-state index contributed by atoms with van der Waals surface area (Å²) < 4.78 is 26.6. The van der Waals surface area contributed by atoms with E-state index in [4.69, 9.17) is 11.0 Å². The van der Waals surface area contributed by atoms with Crippen molar-refractivity contribution < 1.29 is 8.42 Å². The molecule has 0 aromatic heterocycles. The highest BCUT2D eigenvalue weighted by Gasteiger charge is 2.30. The minimum absolute atomic E-state index is 0.0540. The molecule has 2 rings (SSSR count). The van der Waals surface area contributed by atoms with E-state index in [1.54, 1.807) is 0 Å². The van der Waals surface area contributed by atoms with Crippen LogP contribution in [0.1, 0.15) is 25.3 Å². The third-order valence-corrected chi connectivity index (χ3v) is 5.28. The Kier molecular flexibility index (Phi) is 3.78. The van der Waals surface area contributed by atoms with Crippen LogP contribution in [0.4, 0.5) is 5.69 Å². The van der Waals surface area contributed by atoms with Crippen molar-refractivity contribution in [3.8, 4) is 6.07 Å². The number of benzene rings is 1. The minimum atomic E-state index is -3.60. The van der Waals surface area contributed by atoms with Crippen molar-refractivity contribution in [2.75, 3.05) is 18.8 Å². The maximum absolute atomic E-state index is 12.6. The zero-order chi connectivity index (χ0) is 14.0. The van der Waals surface area contributed by atoms with Gasteiger partial charge in [0, 0.05) is 18.8 Å². The van der Waals surface area contributed by atoms with E-state index in [2.05, 4.69) is 0 Å². The summed E-state index contributed by atoms with van der Waals surface area (Å²) in [7, 11) is -3.60. The van der Waals surface area contributed by atoms with Crippen molar-refractivity contribution in [1.82, 2.24) is 4.31 Å². The summed E-state index contributed by atoms with van der Waals surface area (Å²) in [5, 5.41) is 9.07. The van der Waals surface area contributed by atoms with Crippen LogP contribution in [-0.4, -0.2) is 25.8 Å². The smallest absolute Gasteiger partial charge is 0.244 e. The van der Waals surface area contributed by atoms with Gasteiger partial charge in [-0.3, -0.25) is 0 Å². The number of rotatable bonds is 2. The molecule has 2 N–H and O–H groups in total. The van der Waals surface area contributed by atoms with E-state index in [0.29, 0.717) is 24.7 Å². The number of hydrogen-bond acceptors (Lipinski definition) is 4. The van der Waals surface area contributed by atoms with Crippen LogP contribution in [0, 0.1) is 17.2 Å². The second-order valence-corrected chi connectivity index (χ2v) is 6.88. The fourth-order valence-electron chi connectivity index (χ4n) is 2.36. The van der Waals surface area contributed by atoms with Gasteiger partial charge in [-0.15, -0.1) is 0 Å². The van der Waals surface area contributed by atoms with Crippen molar-refractivity contribution in [3.63, 3.8) is 0 Å². The predicted octanol–water partition coefficient (Wildman–Crippen LogP) is 1.56. The molecule has 5 nitrogen and oxygen atoms in total. The monoisotopic (exact) mass is 279 g/mol. The van der Waals surface area contributed by atoms with Gasteiger partial charge >= 0.3 is 0 Å². The second kappa shape index (κ2) is 5.19. The largest absolute Gasteiger partial charge is 0.399 e. The molecule has 0 radical (unpaired) electrons. The Bertz CT molecular complexity index is 619.